The molecule has 0 aromatic heterocycles. The molecule has 2 rings (SSSR count). The number of hydrogen-bond acceptors (Lipinski definition) is 5. The first kappa shape index (κ1) is 16.7. The van der Waals surface area contributed by atoms with Gasteiger partial charge in [0.1, 0.15) is 15.6 Å². The van der Waals surface area contributed by atoms with Crippen molar-refractivity contribution < 1.29 is 21.6 Å². The van der Waals surface area contributed by atoms with Crippen molar-refractivity contribution in [1.82, 2.24) is 4.72 Å². The predicted molar refractivity (Wildman–Crippen MR) is 82.7 cm³/mol. The Morgan fingerprint density at radius 3 is 2.43 bits per heavy atom. The minimum atomic E-state index is -3.68. The molecule has 118 valence electrons. The molecule has 1 aliphatic heterocycles. The number of hydrogen-bond donors (Lipinski definition) is 1. The number of benzene rings is 1. The van der Waals surface area contributed by atoms with Crippen LogP contribution in [0.15, 0.2) is 27.6 Å². The van der Waals surface area contributed by atoms with Crippen molar-refractivity contribution in [3.63, 3.8) is 0 Å². The lowest BCUT2D eigenvalue weighted by atomic mass is 10.2. The van der Waals surface area contributed by atoms with E-state index in [9.17, 15) is 16.8 Å². The average molecular weight is 398 g/mol. The Labute approximate surface area is 133 Å². The Bertz CT molecular complexity index is 716. The summed E-state index contributed by atoms with van der Waals surface area (Å²) in [6, 6.07) is 4.12. The SMILES string of the molecule is COc1ccc(S(=O)(=O)NC2CCS(=O)(=O)CC2)cc1Br. The van der Waals surface area contributed by atoms with Gasteiger partial charge in [0.25, 0.3) is 0 Å². The third-order valence-electron chi connectivity index (χ3n) is 3.31. The molecule has 1 N–H and O–H groups in total. The zero-order valence-electron chi connectivity index (χ0n) is 11.4. The summed E-state index contributed by atoms with van der Waals surface area (Å²) in [4.78, 5) is 0.114. The van der Waals surface area contributed by atoms with E-state index < -0.39 is 19.9 Å². The summed E-state index contributed by atoms with van der Waals surface area (Å²) in [6.07, 6.45) is 0.609. The molecule has 0 saturated carbocycles. The van der Waals surface area contributed by atoms with Gasteiger partial charge in [0.05, 0.1) is 28.0 Å². The van der Waals surface area contributed by atoms with Crippen LogP contribution < -0.4 is 9.46 Å². The molecule has 1 saturated heterocycles. The molecule has 21 heavy (non-hydrogen) atoms. The summed E-state index contributed by atoms with van der Waals surface area (Å²) in [6.45, 7) is 0. The quantitative estimate of drug-likeness (QED) is 0.826. The monoisotopic (exact) mass is 397 g/mol. The van der Waals surface area contributed by atoms with E-state index in [0.717, 1.165) is 0 Å². The zero-order chi connectivity index (χ0) is 15.7. The van der Waals surface area contributed by atoms with Crippen molar-refractivity contribution in [2.24, 2.45) is 0 Å². The van der Waals surface area contributed by atoms with Crippen LogP contribution in [-0.2, 0) is 19.9 Å². The van der Waals surface area contributed by atoms with Crippen LogP contribution in [0.4, 0.5) is 0 Å². The molecule has 9 heteroatoms. The molecule has 1 aliphatic rings. The molecular weight excluding hydrogens is 382 g/mol. The highest BCUT2D eigenvalue weighted by Gasteiger charge is 2.27. The predicted octanol–water partition coefficient (Wildman–Crippen LogP) is 1.31. The molecule has 1 heterocycles. The molecule has 0 aliphatic carbocycles. The molecule has 0 bridgehead atoms. The van der Waals surface area contributed by atoms with E-state index in [0.29, 0.717) is 23.1 Å². The lowest BCUT2D eigenvalue weighted by molar-refractivity contribution is 0.411. The summed E-state index contributed by atoms with van der Waals surface area (Å²) in [5.74, 6) is 0.580. The molecule has 0 atom stereocenters. The van der Waals surface area contributed by atoms with Crippen LogP contribution in [-0.4, -0.2) is 41.5 Å². The van der Waals surface area contributed by atoms with E-state index in [4.69, 9.17) is 4.74 Å². The summed E-state index contributed by atoms with van der Waals surface area (Å²) in [5, 5.41) is 0. The van der Waals surface area contributed by atoms with Gasteiger partial charge in [-0.2, -0.15) is 0 Å². The third-order valence-corrected chi connectivity index (χ3v) is 7.16. The van der Waals surface area contributed by atoms with Crippen molar-refractivity contribution in [2.75, 3.05) is 18.6 Å². The lowest BCUT2D eigenvalue weighted by Crippen LogP contribution is -2.40. The van der Waals surface area contributed by atoms with Crippen molar-refractivity contribution in [3.05, 3.63) is 22.7 Å². The molecule has 0 amide bonds. The zero-order valence-corrected chi connectivity index (χ0v) is 14.6. The first-order valence-electron chi connectivity index (χ1n) is 6.30. The number of sulfone groups is 1. The molecule has 1 fully saturated rings. The first-order chi connectivity index (χ1) is 9.73. The summed E-state index contributed by atoms with van der Waals surface area (Å²) < 4.78 is 55.4. The summed E-state index contributed by atoms with van der Waals surface area (Å²) in [7, 11) is -5.19. The molecule has 0 unspecified atom stereocenters. The number of methoxy groups -OCH3 is 1. The van der Waals surface area contributed by atoms with Gasteiger partial charge >= 0.3 is 0 Å². The van der Waals surface area contributed by atoms with Gasteiger partial charge in [-0.05, 0) is 47.0 Å². The molecular formula is C12H16BrNO5S2. The maximum atomic E-state index is 12.3. The minimum absolute atomic E-state index is 0.0203. The second-order valence-electron chi connectivity index (χ2n) is 4.84. The van der Waals surface area contributed by atoms with Gasteiger partial charge in [-0.3, -0.25) is 0 Å². The Balaban J connectivity index is 2.14. The normalized spacial score (nSPS) is 19.3. The van der Waals surface area contributed by atoms with Gasteiger partial charge < -0.3 is 4.74 Å². The van der Waals surface area contributed by atoms with Crippen LogP contribution in [0.5, 0.6) is 5.75 Å². The Morgan fingerprint density at radius 1 is 1.29 bits per heavy atom. The maximum Gasteiger partial charge on any atom is 0.240 e. The van der Waals surface area contributed by atoms with Crippen LogP contribution >= 0.6 is 15.9 Å². The minimum Gasteiger partial charge on any atom is -0.496 e. The van der Waals surface area contributed by atoms with E-state index in [1.165, 1.54) is 19.2 Å². The van der Waals surface area contributed by atoms with Crippen LogP contribution in [0, 0.1) is 0 Å². The number of ether oxygens (including phenoxy) is 1. The van der Waals surface area contributed by atoms with E-state index in [2.05, 4.69) is 20.7 Å². The van der Waals surface area contributed by atoms with E-state index in [1.54, 1.807) is 6.07 Å². The maximum absolute atomic E-state index is 12.3. The second kappa shape index (κ2) is 6.23. The van der Waals surface area contributed by atoms with Gasteiger partial charge in [-0.15, -0.1) is 0 Å². The molecule has 1 aromatic carbocycles. The Kier molecular flexibility index (Phi) is 4.96. The highest BCUT2D eigenvalue weighted by atomic mass is 79.9. The topological polar surface area (TPSA) is 89.5 Å². The molecule has 0 spiro atoms. The first-order valence-corrected chi connectivity index (χ1v) is 10.4. The van der Waals surface area contributed by atoms with Crippen molar-refractivity contribution in [2.45, 2.75) is 23.8 Å². The second-order valence-corrected chi connectivity index (χ2v) is 9.72. The van der Waals surface area contributed by atoms with Gasteiger partial charge in [0, 0.05) is 6.04 Å². The number of halogens is 1. The largest absolute Gasteiger partial charge is 0.496 e. The van der Waals surface area contributed by atoms with E-state index in [1.807, 2.05) is 0 Å². The Hall–Kier alpha value is -0.640. The molecule has 6 nitrogen and oxygen atoms in total. The fourth-order valence-electron chi connectivity index (χ4n) is 2.11. The lowest BCUT2D eigenvalue weighted by Gasteiger charge is -2.23. The average Bonchev–Trinajstić information content (AvgIpc) is 2.41. The smallest absolute Gasteiger partial charge is 0.240 e. The van der Waals surface area contributed by atoms with Crippen molar-refractivity contribution in [1.29, 1.82) is 0 Å². The molecule has 1 aromatic rings. The molecule has 0 radical (unpaired) electrons. The van der Waals surface area contributed by atoms with Crippen LogP contribution in [0.25, 0.3) is 0 Å². The fourth-order valence-corrected chi connectivity index (χ4v) is 5.62. The highest BCUT2D eigenvalue weighted by Crippen LogP contribution is 2.27. The fraction of sp³-hybridized carbons (Fsp3) is 0.500. The van der Waals surface area contributed by atoms with Crippen molar-refractivity contribution >= 4 is 35.8 Å². The number of sulfonamides is 1. The van der Waals surface area contributed by atoms with Gasteiger partial charge in [0.2, 0.25) is 10.0 Å². The van der Waals surface area contributed by atoms with Crippen LogP contribution in [0.3, 0.4) is 0 Å². The number of nitrogens with one attached hydrogen (secondary N) is 1. The highest BCUT2D eigenvalue weighted by molar-refractivity contribution is 9.10. The summed E-state index contributed by atoms with van der Waals surface area (Å²) >= 11 is 3.24. The standard InChI is InChI=1S/C12H16BrNO5S2/c1-19-12-3-2-10(8-11(12)13)21(17,18)14-9-4-6-20(15,16)7-5-9/h2-3,8-9,14H,4-7H2,1H3. The van der Waals surface area contributed by atoms with Crippen LogP contribution in [0.1, 0.15) is 12.8 Å². The van der Waals surface area contributed by atoms with Gasteiger partial charge in [0.15, 0.2) is 0 Å². The van der Waals surface area contributed by atoms with Crippen molar-refractivity contribution in [3.8, 4) is 5.75 Å². The van der Waals surface area contributed by atoms with Gasteiger partial charge in [-0.25, -0.2) is 21.6 Å². The summed E-state index contributed by atoms with van der Waals surface area (Å²) in [5.41, 5.74) is 0. The van der Waals surface area contributed by atoms with Crippen LogP contribution in [0.2, 0.25) is 0 Å². The van der Waals surface area contributed by atoms with E-state index in [-0.39, 0.29) is 22.4 Å². The number of rotatable bonds is 4. The van der Waals surface area contributed by atoms with Gasteiger partial charge in [-0.1, -0.05) is 0 Å². The third kappa shape index (κ3) is 4.18. The Morgan fingerprint density at radius 2 is 1.90 bits per heavy atom. The van der Waals surface area contributed by atoms with E-state index >= 15 is 0 Å².